The van der Waals surface area contributed by atoms with Crippen molar-refractivity contribution in [2.45, 2.75) is 26.0 Å². The van der Waals surface area contributed by atoms with Gasteiger partial charge in [0.25, 0.3) is 5.56 Å². The van der Waals surface area contributed by atoms with Crippen molar-refractivity contribution in [2.24, 2.45) is 7.05 Å². The van der Waals surface area contributed by atoms with Crippen molar-refractivity contribution in [3.05, 3.63) is 81.4 Å². The van der Waals surface area contributed by atoms with Crippen molar-refractivity contribution in [1.82, 2.24) is 28.9 Å². The predicted molar refractivity (Wildman–Crippen MR) is 136 cm³/mol. The van der Waals surface area contributed by atoms with Crippen LogP contribution in [0.4, 0.5) is 0 Å². The van der Waals surface area contributed by atoms with Gasteiger partial charge in [-0.2, -0.15) is 10.4 Å². The van der Waals surface area contributed by atoms with E-state index >= 15 is 0 Å². The van der Waals surface area contributed by atoms with Gasteiger partial charge in [-0.25, -0.2) is 14.3 Å². The molecular formula is C25H20N7Na2O6P. The number of phosphoric acid groups is 1. The molecular weight excluding hydrogens is 571 g/mol. The summed E-state index contributed by atoms with van der Waals surface area (Å²) in [6, 6.07) is 12.2. The molecule has 0 aliphatic carbocycles. The van der Waals surface area contributed by atoms with E-state index in [2.05, 4.69) is 20.7 Å². The number of aryl methyl sites for hydroxylation is 1. The molecule has 0 saturated carbocycles. The van der Waals surface area contributed by atoms with Gasteiger partial charge < -0.3 is 18.9 Å². The second-order valence-corrected chi connectivity index (χ2v) is 10.5. The largest absolute Gasteiger partial charge is 1.00 e. The minimum absolute atomic E-state index is 0. The van der Waals surface area contributed by atoms with E-state index in [1.54, 1.807) is 74.4 Å². The zero-order chi connectivity index (χ0) is 28.1. The fraction of sp³-hybridized carbons (Fsp3) is 0.200. The predicted octanol–water partition coefficient (Wildman–Crippen LogP) is -4.89. The van der Waals surface area contributed by atoms with E-state index in [1.165, 1.54) is 10.8 Å². The third-order valence-corrected chi connectivity index (χ3v) is 6.71. The van der Waals surface area contributed by atoms with Crippen molar-refractivity contribution in [1.29, 1.82) is 5.26 Å². The van der Waals surface area contributed by atoms with Crippen molar-refractivity contribution in [3.8, 4) is 23.0 Å². The number of nitriles is 1. The molecule has 13 nitrogen and oxygen atoms in total. The molecule has 4 heterocycles. The van der Waals surface area contributed by atoms with Crippen molar-refractivity contribution in [2.75, 3.05) is 0 Å². The Morgan fingerprint density at radius 3 is 2.34 bits per heavy atom. The Kier molecular flexibility index (Phi) is 10.00. The molecule has 16 heteroatoms. The first kappa shape index (κ1) is 33.0. The molecule has 0 N–H and O–H groups in total. The number of rotatable bonds is 6. The van der Waals surface area contributed by atoms with Gasteiger partial charge in [0.1, 0.15) is 12.2 Å². The van der Waals surface area contributed by atoms with E-state index in [9.17, 15) is 29.2 Å². The van der Waals surface area contributed by atoms with Crippen LogP contribution in [0.3, 0.4) is 0 Å². The van der Waals surface area contributed by atoms with E-state index in [0.29, 0.717) is 32.6 Å². The molecule has 4 aromatic heterocycles. The molecule has 0 spiro atoms. The zero-order valence-corrected chi connectivity index (χ0v) is 27.8. The van der Waals surface area contributed by atoms with Gasteiger partial charge in [0.05, 0.1) is 53.3 Å². The average molecular weight is 591 g/mol. The first-order valence-corrected chi connectivity index (χ1v) is 13.0. The first-order valence-electron chi connectivity index (χ1n) is 11.5. The summed E-state index contributed by atoms with van der Waals surface area (Å²) in [7, 11) is -3.75. The molecule has 0 amide bonds. The molecule has 0 saturated heterocycles. The SMILES string of the molecule is Cn1cc(-c2ccc3ncc4c(=O)n(COP(=O)([O-])[O-])c(=O)n(-c5ccc(C(C)(C)C#N)cc5)c4c3n2)cn1.[Na+].[Na+]. The van der Waals surface area contributed by atoms with Gasteiger partial charge in [-0.05, 0) is 43.7 Å². The van der Waals surface area contributed by atoms with Crippen LogP contribution in [0.2, 0.25) is 0 Å². The van der Waals surface area contributed by atoms with Gasteiger partial charge in [0.15, 0.2) is 0 Å². The third kappa shape index (κ3) is 6.48. The standard InChI is InChI=1S/C25H22N7O6P.2Na/c1-25(2,13-26)16-4-6-17(7-5-16)32-22-18(23(33)31(24(32)34)14-38-39(35,36)37)11-27-20-9-8-19(29-21(20)22)15-10-28-30(3)12-15;;/h4-12H,14H2,1-3H3,(H2,35,36,37);;/q;2*+1/p-2. The quantitative estimate of drug-likeness (QED) is 0.105. The number of hydrogen-bond donors (Lipinski definition) is 0. The number of nitrogens with zero attached hydrogens (tertiary/aromatic N) is 7. The zero-order valence-electron chi connectivity index (χ0n) is 22.9. The van der Waals surface area contributed by atoms with Gasteiger partial charge in [0.2, 0.25) is 0 Å². The van der Waals surface area contributed by atoms with E-state index < -0.39 is 31.2 Å². The van der Waals surface area contributed by atoms with Gasteiger partial charge in [-0.15, -0.1) is 0 Å². The molecule has 41 heavy (non-hydrogen) atoms. The molecule has 198 valence electrons. The monoisotopic (exact) mass is 591 g/mol. The number of hydrogen-bond acceptors (Lipinski definition) is 10. The summed E-state index contributed by atoms with van der Waals surface area (Å²) in [5.41, 5.74) is 0.250. The fourth-order valence-corrected chi connectivity index (χ4v) is 4.43. The normalized spacial score (nSPS) is 11.6. The van der Waals surface area contributed by atoms with Crippen LogP contribution < -0.4 is 80.2 Å². The van der Waals surface area contributed by atoms with Gasteiger partial charge in [0, 0.05) is 25.0 Å². The van der Waals surface area contributed by atoms with Crippen LogP contribution in [-0.2, 0) is 28.3 Å². The maximum absolute atomic E-state index is 13.7. The van der Waals surface area contributed by atoms with Crippen LogP contribution in [-0.4, -0.2) is 28.9 Å². The van der Waals surface area contributed by atoms with Crippen LogP contribution in [0, 0.1) is 11.3 Å². The minimum atomic E-state index is -5.50. The van der Waals surface area contributed by atoms with E-state index in [-0.39, 0.29) is 75.5 Å². The Bertz CT molecular complexity index is 1970. The van der Waals surface area contributed by atoms with E-state index in [1.807, 2.05) is 0 Å². The Balaban J connectivity index is 0.00000231. The van der Waals surface area contributed by atoms with Gasteiger partial charge in [-0.3, -0.25) is 19.0 Å². The van der Waals surface area contributed by atoms with Crippen molar-refractivity contribution < 1.29 is 78.0 Å². The van der Waals surface area contributed by atoms with Crippen LogP contribution in [0.5, 0.6) is 0 Å². The second-order valence-electron chi connectivity index (χ2n) is 9.33. The van der Waals surface area contributed by atoms with Gasteiger partial charge in [-0.1, -0.05) is 12.1 Å². The van der Waals surface area contributed by atoms with Crippen LogP contribution in [0.25, 0.3) is 38.9 Å². The van der Waals surface area contributed by atoms with Crippen molar-refractivity contribution in [3.63, 3.8) is 0 Å². The number of benzene rings is 1. The van der Waals surface area contributed by atoms with Crippen LogP contribution >= 0.6 is 7.82 Å². The maximum atomic E-state index is 13.7. The number of phosphoric ester groups is 1. The molecule has 1 aromatic carbocycles. The second kappa shape index (κ2) is 12.4. The Morgan fingerprint density at radius 2 is 1.76 bits per heavy atom. The summed E-state index contributed by atoms with van der Waals surface area (Å²) in [6.45, 7) is 2.38. The minimum Gasteiger partial charge on any atom is -0.790 e. The molecule has 0 aliphatic heterocycles. The van der Waals surface area contributed by atoms with Crippen LogP contribution in [0.1, 0.15) is 19.4 Å². The summed E-state index contributed by atoms with van der Waals surface area (Å²) >= 11 is 0. The van der Waals surface area contributed by atoms with Gasteiger partial charge >= 0.3 is 64.8 Å². The Hall–Kier alpha value is -2.47. The van der Waals surface area contributed by atoms with Crippen molar-refractivity contribution >= 4 is 29.8 Å². The fourth-order valence-electron chi connectivity index (χ4n) is 4.17. The van der Waals surface area contributed by atoms with E-state index in [0.717, 1.165) is 0 Å². The summed E-state index contributed by atoms with van der Waals surface area (Å²) < 4.78 is 18.7. The van der Waals surface area contributed by atoms with Crippen LogP contribution in [0.15, 0.2) is 64.6 Å². The molecule has 0 atom stereocenters. The molecule has 0 unspecified atom stereocenters. The first-order chi connectivity index (χ1) is 18.4. The Labute approximate surface area is 277 Å². The summed E-state index contributed by atoms with van der Waals surface area (Å²) in [4.78, 5) is 58.3. The van der Waals surface area contributed by atoms with E-state index in [4.69, 9.17) is 4.98 Å². The maximum Gasteiger partial charge on any atom is 1.00 e. The molecule has 0 radical (unpaired) electrons. The molecule has 5 rings (SSSR count). The summed E-state index contributed by atoms with van der Waals surface area (Å²) in [5.74, 6) is 0. The average Bonchev–Trinajstić information content (AvgIpc) is 3.34. The Morgan fingerprint density at radius 1 is 1.07 bits per heavy atom. The molecule has 0 fully saturated rings. The smallest absolute Gasteiger partial charge is 0.790 e. The molecule has 0 aliphatic rings. The summed E-state index contributed by atoms with van der Waals surface area (Å²) in [5, 5.41) is 13.6. The third-order valence-electron chi connectivity index (χ3n) is 6.28. The summed E-state index contributed by atoms with van der Waals surface area (Å²) in [6.07, 6.45) is 4.62. The molecule has 5 aromatic rings. The number of aromatic nitrogens is 6. The number of pyridine rings is 2. The topological polar surface area (TPSA) is 184 Å². The molecule has 0 bridgehead atoms. The number of fused-ring (bicyclic) bond motifs is 3.